The average molecular weight is 259 g/mol. The summed E-state index contributed by atoms with van der Waals surface area (Å²) in [6.45, 7) is 1.88. The number of urea groups is 1. The number of hydrogen-bond acceptors (Lipinski definition) is 3. The lowest BCUT2D eigenvalue weighted by Crippen LogP contribution is -2.42. The Bertz CT molecular complexity index is 416. The first-order valence-electron chi connectivity index (χ1n) is 5.07. The van der Waals surface area contributed by atoms with E-state index in [2.05, 4.69) is 10.4 Å². The SMILES string of the molecule is CC(Cl)C(=O)NC(=O)N(C)Cc1cnn(C)c1. The van der Waals surface area contributed by atoms with E-state index < -0.39 is 17.3 Å². The molecule has 0 radical (unpaired) electrons. The van der Waals surface area contributed by atoms with Gasteiger partial charge in [0.2, 0.25) is 5.91 Å². The molecule has 1 atom stereocenters. The highest BCUT2D eigenvalue weighted by Gasteiger charge is 2.16. The summed E-state index contributed by atoms with van der Waals surface area (Å²) in [5.41, 5.74) is 0.886. The normalized spacial score (nSPS) is 12.0. The van der Waals surface area contributed by atoms with Gasteiger partial charge in [-0.1, -0.05) is 0 Å². The zero-order valence-electron chi connectivity index (χ0n) is 9.98. The van der Waals surface area contributed by atoms with E-state index in [0.29, 0.717) is 6.54 Å². The number of imide groups is 1. The molecule has 0 spiro atoms. The second-order valence-corrected chi connectivity index (χ2v) is 4.44. The zero-order chi connectivity index (χ0) is 13.0. The van der Waals surface area contributed by atoms with Crippen LogP contribution in [0, 0.1) is 0 Å². The highest BCUT2D eigenvalue weighted by atomic mass is 35.5. The molecule has 0 aliphatic rings. The van der Waals surface area contributed by atoms with Crippen molar-refractivity contribution in [1.82, 2.24) is 20.0 Å². The number of carbonyl (C=O) groups is 2. The zero-order valence-corrected chi connectivity index (χ0v) is 10.7. The van der Waals surface area contributed by atoms with E-state index in [9.17, 15) is 9.59 Å². The summed E-state index contributed by atoms with van der Waals surface area (Å²) >= 11 is 5.54. The maximum absolute atomic E-state index is 11.6. The number of aromatic nitrogens is 2. The van der Waals surface area contributed by atoms with Crippen LogP contribution in [0.15, 0.2) is 12.4 Å². The fourth-order valence-corrected chi connectivity index (χ4v) is 1.25. The molecule has 1 rings (SSSR count). The summed E-state index contributed by atoms with van der Waals surface area (Å²) in [5, 5.41) is 5.45. The largest absolute Gasteiger partial charge is 0.324 e. The van der Waals surface area contributed by atoms with Crippen LogP contribution in [0.25, 0.3) is 0 Å². The first kappa shape index (κ1) is 13.5. The van der Waals surface area contributed by atoms with E-state index >= 15 is 0 Å². The number of hydrogen-bond donors (Lipinski definition) is 1. The van der Waals surface area contributed by atoms with Crippen LogP contribution in [0.3, 0.4) is 0 Å². The third-order valence-corrected chi connectivity index (χ3v) is 2.31. The Morgan fingerprint density at radius 1 is 1.65 bits per heavy atom. The van der Waals surface area contributed by atoms with Crippen LogP contribution in [0.1, 0.15) is 12.5 Å². The number of amides is 3. The predicted octanol–water partition coefficient (Wildman–Crippen LogP) is 0.715. The van der Waals surface area contributed by atoms with Gasteiger partial charge < -0.3 is 4.90 Å². The van der Waals surface area contributed by atoms with E-state index in [-0.39, 0.29) is 0 Å². The highest BCUT2D eigenvalue weighted by Crippen LogP contribution is 2.01. The van der Waals surface area contributed by atoms with E-state index in [4.69, 9.17) is 11.6 Å². The maximum atomic E-state index is 11.6. The van der Waals surface area contributed by atoms with E-state index in [1.807, 2.05) is 0 Å². The van der Waals surface area contributed by atoms with E-state index in [0.717, 1.165) is 5.56 Å². The van der Waals surface area contributed by atoms with Crippen LogP contribution in [-0.4, -0.2) is 39.0 Å². The lowest BCUT2D eigenvalue weighted by Gasteiger charge is -2.16. The second-order valence-electron chi connectivity index (χ2n) is 3.79. The molecule has 1 aromatic rings. The Morgan fingerprint density at radius 2 is 2.29 bits per heavy atom. The minimum atomic E-state index is -0.731. The van der Waals surface area contributed by atoms with Gasteiger partial charge >= 0.3 is 6.03 Å². The Balaban J connectivity index is 2.50. The number of nitrogens with one attached hydrogen (secondary N) is 1. The van der Waals surface area contributed by atoms with Gasteiger partial charge in [0.1, 0.15) is 5.38 Å². The Labute approximate surface area is 105 Å². The van der Waals surface area contributed by atoms with Crippen LogP contribution in [0.4, 0.5) is 4.79 Å². The molecule has 0 aliphatic carbocycles. The van der Waals surface area contributed by atoms with Crippen LogP contribution in [0.5, 0.6) is 0 Å². The van der Waals surface area contributed by atoms with E-state index in [1.54, 1.807) is 31.2 Å². The molecule has 7 heteroatoms. The molecule has 1 N–H and O–H groups in total. The van der Waals surface area contributed by atoms with Gasteiger partial charge in [-0.15, -0.1) is 11.6 Å². The highest BCUT2D eigenvalue weighted by molar-refractivity contribution is 6.31. The van der Waals surface area contributed by atoms with Gasteiger partial charge in [0.15, 0.2) is 0 Å². The minimum absolute atomic E-state index is 0.379. The monoisotopic (exact) mass is 258 g/mol. The molecule has 0 saturated heterocycles. The van der Waals surface area contributed by atoms with Gasteiger partial charge in [-0.05, 0) is 6.92 Å². The quantitative estimate of drug-likeness (QED) is 0.813. The van der Waals surface area contributed by atoms with Crippen LogP contribution in [-0.2, 0) is 18.4 Å². The molecule has 0 bridgehead atoms. The average Bonchev–Trinajstić information content (AvgIpc) is 2.63. The van der Waals surface area contributed by atoms with Crippen LogP contribution >= 0.6 is 11.6 Å². The fraction of sp³-hybridized carbons (Fsp3) is 0.500. The Hall–Kier alpha value is -1.56. The third kappa shape index (κ3) is 4.07. The van der Waals surface area contributed by atoms with Gasteiger partial charge in [0.25, 0.3) is 0 Å². The molecule has 1 aromatic heterocycles. The van der Waals surface area contributed by atoms with Crippen molar-refractivity contribution in [2.75, 3.05) is 7.05 Å². The van der Waals surface area contributed by atoms with Crippen molar-refractivity contribution in [3.63, 3.8) is 0 Å². The van der Waals surface area contributed by atoms with Crippen molar-refractivity contribution in [2.24, 2.45) is 7.05 Å². The number of alkyl halides is 1. The number of aryl methyl sites for hydroxylation is 1. The van der Waals surface area contributed by atoms with Crippen molar-refractivity contribution in [2.45, 2.75) is 18.8 Å². The maximum Gasteiger partial charge on any atom is 0.324 e. The number of nitrogens with zero attached hydrogens (tertiary/aromatic N) is 3. The van der Waals surface area contributed by atoms with Gasteiger partial charge in [-0.2, -0.15) is 5.10 Å². The molecule has 0 fully saturated rings. The lowest BCUT2D eigenvalue weighted by atomic mass is 10.3. The topological polar surface area (TPSA) is 67.2 Å². The molecule has 3 amide bonds. The molecule has 94 valence electrons. The first-order valence-corrected chi connectivity index (χ1v) is 5.51. The fourth-order valence-electron chi connectivity index (χ4n) is 1.20. The third-order valence-electron chi connectivity index (χ3n) is 2.12. The van der Waals surface area contributed by atoms with Gasteiger partial charge in [-0.3, -0.25) is 14.8 Å². The molecule has 17 heavy (non-hydrogen) atoms. The van der Waals surface area contributed by atoms with Gasteiger partial charge in [0.05, 0.1) is 12.7 Å². The first-order chi connectivity index (χ1) is 7.90. The number of halogens is 1. The molecule has 0 saturated carbocycles. The summed E-state index contributed by atoms with van der Waals surface area (Å²) < 4.78 is 1.65. The summed E-state index contributed by atoms with van der Waals surface area (Å²) in [6, 6.07) is -0.480. The van der Waals surface area contributed by atoms with Crippen molar-refractivity contribution in [1.29, 1.82) is 0 Å². The second kappa shape index (κ2) is 5.67. The minimum Gasteiger partial charge on any atom is -0.323 e. The van der Waals surface area contributed by atoms with Crippen molar-refractivity contribution < 1.29 is 9.59 Å². The molecule has 6 nitrogen and oxygen atoms in total. The van der Waals surface area contributed by atoms with Crippen molar-refractivity contribution in [3.05, 3.63) is 18.0 Å². The van der Waals surface area contributed by atoms with Crippen molar-refractivity contribution in [3.8, 4) is 0 Å². The number of carbonyl (C=O) groups excluding carboxylic acids is 2. The summed E-state index contributed by atoms with van der Waals surface area (Å²) in [5.74, 6) is -0.505. The van der Waals surface area contributed by atoms with Crippen molar-refractivity contribution >= 4 is 23.5 Å². The number of rotatable bonds is 3. The molecule has 0 aromatic carbocycles. The summed E-state index contributed by atoms with van der Waals surface area (Å²) in [4.78, 5) is 24.2. The predicted molar refractivity (Wildman–Crippen MR) is 63.5 cm³/mol. The molecule has 0 aliphatic heterocycles. The van der Waals surface area contributed by atoms with Gasteiger partial charge in [-0.25, -0.2) is 4.79 Å². The van der Waals surface area contributed by atoms with Gasteiger partial charge in [0, 0.05) is 25.9 Å². The van der Waals surface area contributed by atoms with Crippen LogP contribution < -0.4 is 5.32 Å². The van der Waals surface area contributed by atoms with E-state index in [1.165, 1.54) is 11.8 Å². The summed E-state index contributed by atoms with van der Waals surface area (Å²) in [7, 11) is 3.39. The summed E-state index contributed by atoms with van der Waals surface area (Å²) in [6.07, 6.45) is 3.46. The molecular weight excluding hydrogens is 244 g/mol. The smallest absolute Gasteiger partial charge is 0.323 e. The standard InChI is InChI=1S/C10H15ClN4O2/c1-7(11)9(16)13-10(17)14(2)5-8-4-12-15(3)6-8/h4,6-7H,5H2,1-3H3,(H,13,16,17). The Morgan fingerprint density at radius 3 is 2.76 bits per heavy atom. The lowest BCUT2D eigenvalue weighted by molar-refractivity contribution is -0.119. The van der Waals surface area contributed by atoms with Crippen LogP contribution in [0.2, 0.25) is 0 Å². The Kier molecular flexibility index (Phi) is 4.51. The molecule has 1 heterocycles. The molecule has 1 unspecified atom stereocenters. The molecular formula is C10H15ClN4O2.